The van der Waals surface area contributed by atoms with Crippen LogP contribution in [0.5, 0.6) is 0 Å². The molecule has 0 aliphatic heterocycles. The number of ether oxygens (including phenoxy) is 1. The van der Waals surface area contributed by atoms with Crippen molar-refractivity contribution in [2.24, 2.45) is 12.9 Å². The minimum atomic E-state index is 0.350. The minimum absolute atomic E-state index is 0.350. The second-order valence-electron chi connectivity index (χ2n) is 4.14. The molecule has 0 saturated heterocycles. The second kappa shape index (κ2) is 6.83. The molecule has 0 saturated carbocycles. The van der Waals surface area contributed by atoms with E-state index < -0.39 is 0 Å². The summed E-state index contributed by atoms with van der Waals surface area (Å²) in [5.74, 6) is 8.10. The molecule has 0 bridgehead atoms. The smallest absolute Gasteiger partial charge is 0.158 e. The van der Waals surface area contributed by atoms with Gasteiger partial charge in [-0.1, -0.05) is 0 Å². The number of nitrogens with two attached hydrogens (primary N) is 1. The van der Waals surface area contributed by atoms with Crippen LogP contribution in [0.1, 0.15) is 18.6 Å². The fourth-order valence-corrected chi connectivity index (χ4v) is 1.66. The Kier molecular flexibility index (Phi) is 4.85. The third kappa shape index (κ3) is 3.65. The first kappa shape index (κ1) is 14.2. The average molecular weight is 277 g/mol. The molecule has 0 aliphatic rings. The zero-order valence-corrected chi connectivity index (χ0v) is 11.6. The summed E-state index contributed by atoms with van der Waals surface area (Å²) in [6, 6.07) is 1.73. The molecule has 0 radical (unpaired) electrons. The predicted molar refractivity (Wildman–Crippen MR) is 75.7 cm³/mol. The lowest BCUT2D eigenvalue weighted by Gasteiger charge is -2.09. The third-order valence-electron chi connectivity index (χ3n) is 2.70. The van der Waals surface area contributed by atoms with Gasteiger partial charge in [0.15, 0.2) is 5.82 Å². The number of anilines is 2. The summed E-state index contributed by atoms with van der Waals surface area (Å²) < 4.78 is 7.25. The van der Waals surface area contributed by atoms with Crippen LogP contribution in [-0.2, 0) is 24.9 Å². The number of nitrogens with zero attached hydrogens (tertiary/aromatic N) is 4. The Labute approximate surface area is 117 Å². The van der Waals surface area contributed by atoms with E-state index in [0.717, 1.165) is 5.82 Å². The first-order valence-corrected chi connectivity index (χ1v) is 6.35. The summed E-state index contributed by atoms with van der Waals surface area (Å²) in [5.41, 5.74) is 2.52. The molecule has 108 valence electrons. The molecule has 2 aromatic rings. The molecule has 20 heavy (non-hydrogen) atoms. The lowest BCUT2D eigenvalue weighted by atomic mass is 10.4. The number of aryl methyl sites for hydroxylation is 1. The van der Waals surface area contributed by atoms with Crippen molar-refractivity contribution in [3.05, 3.63) is 30.1 Å². The normalized spacial score (nSPS) is 10.6. The summed E-state index contributed by atoms with van der Waals surface area (Å²) in [7, 11) is 1.94. The summed E-state index contributed by atoms with van der Waals surface area (Å²) in [6.07, 6.45) is 3.65. The Balaban J connectivity index is 2.07. The van der Waals surface area contributed by atoms with Gasteiger partial charge in [-0.3, -0.25) is 0 Å². The summed E-state index contributed by atoms with van der Waals surface area (Å²) in [4.78, 5) is 12.8. The van der Waals surface area contributed by atoms with Gasteiger partial charge in [-0.2, -0.15) is 0 Å². The van der Waals surface area contributed by atoms with Crippen LogP contribution in [0.2, 0.25) is 0 Å². The number of hydrazine groups is 1. The van der Waals surface area contributed by atoms with Crippen molar-refractivity contribution < 1.29 is 4.74 Å². The fourth-order valence-electron chi connectivity index (χ4n) is 1.66. The first-order chi connectivity index (χ1) is 9.72. The lowest BCUT2D eigenvalue weighted by molar-refractivity contribution is 0.128. The van der Waals surface area contributed by atoms with Crippen molar-refractivity contribution in [1.82, 2.24) is 19.5 Å². The zero-order chi connectivity index (χ0) is 14.4. The van der Waals surface area contributed by atoms with Crippen LogP contribution in [0.4, 0.5) is 11.6 Å². The third-order valence-corrected chi connectivity index (χ3v) is 2.70. The van der Waals surface area contributed by atoms with Gasteiger partial charge in [-0.15, -0.1) is 0 Å². The lowest BCUT2D eigenvalue weighted by Crippen LogP contribution is -2.13. The number of nitrogens with one attached hydrogen (secondary N) is 2. The SMILES string of the molecule is CCOCc1nc(NN)cc(NCc2nccn2C)n1. The number of nitrogen functional groups attached to an aromatic ring is 1. The maximum Gasteiger partial charge on any atom is 0.158 e. The van der Waals surface area contributed by atoms with E-state index in [1.54, 1.807) is 12.3 Å². The van der Waals surface area contributed by atoms with Gasteiger partial charge in [0.2, 0.25) is 0 Å². The highest BCUT2D eigenvalue weighted by Gasteiger charge is 2.05. The van der Waals surface area contributed by atoms with Gasteiger partial charge >= 0.3 is 0 Å². The monoisotopic (exact) mass is 277 g/mol. The molecule has 2 heterocycles. The standard InChI is InChI=1S/C12H19N7O/c1-3-20-8-11-16-9(6-10(17-11)18-13)15-7-12-14-4-5-19(12)2/h4-6H,3,7-8,13H2,1-2H3,(H2,15,16,17,18). The van der Waals surface area contributed by atoms with E-state index in [2.05, 4.69) is 25.7 Å². The highest BCUT2D eigenvalue weighted by Crippen LogP contribution is 2.12. The van der Waals surface area contributed by atoms with Crippen molar-refractivity contribution in [2.45, 2.75) is 20.1 Å². The number of rotatable bonds is 7. The average Bonchev–Trinajstić information content (AvgIpc) is 2.88. The molecule has 2 aromatic heterocycles. The van der Waals surface area contributed by atoms with E-state index in [1.165, 1.54) is 0 Å². The number of aromatic nitrogens is 4. The maximum absolute atomic E-state index is 5.41. The number of hydrogen-bond acceptors (Lipinski definition) is 7. The van der Waals surface area contributed by atoms with E-state index in [0.29, 0.717) is 37.2 Å². The molecule has 0 atom stereocenters. The van der Waals surface area contributed by atoms with E-state index in [4.69, 9.17) is 10.6 Å². The summed E-state index contributed by atoms with van der Waals surface area (Å²) in [5, 5.41) is 3.19. The van der Waals surface area contributed by atoms with Crippen molar-refractivity contribution in [1.29, 1.82) is 0 Å². The molecule has 0 aliphatic carbocycles. The first-order valence-electron chi connectivity index (χ1n) is 6.35. The summed E-state index contributed by atoms with van der Waals surface area (Å²) >= 11 is 0. The fraction of sp³-hybridized carbons (Fsp3) is 0.417. The largest absolute Gasteiger partial charge is 0.374 e. The Morgan fingerprint density at radius 2 is 2.15 bits per heavy atom. The van der Waals surface area contributed by atoms with Gasteiger partial charge in [0, 0.05) is 32.1 Å². The molecule has 2 rings (SSSR count). The number of hydrogen-bond donors (Lipinski definition) is 3. The van der Waals surface area contributed by atoms with E-state index in [-0.39, 0.29) is 0 Å². The topological polar surface area (TPSA) is 103 Å². The highest BCUT2D eigenvalue weighted by atomic mass is 16.5. The predicted octanol–water partition coefficient (Wildman–Crippen LogP) is 0.644. The molecule has 0 spiro atoms. The van der Waals surface area contributed by atoms with Gasteiger partial charge in [-0.05, 0) is 6.92 Å². The van der Waals surface area contributed by atoms with Crippen LogP contribution >= 0.6 is 0 Å². The van der Waals surface area contributed by atoms with Crippen LogP contribution in [0.25, 0.3) is 0 Å². The van der Waals surface area contributed by atoms with Crippen molar-refractivity contribution >= 4 is 11.6 Å². The zero-order valence-electron chi connectivity index (χ0n) is 11.6. The molecular weight excluding hydrogens is 258 g/mol. The van der Waals surface area contributed by atoms with Crippen LogP contribution < -0.4 is 16.6 Å². The Bertz CT molecular complexity index is 554. The van der Waals surface area contributed by atoms with Gasteiger partial charge in [0.25, 0.3) is 0 Å². The van der Waals surface area contributed by atoms with E-state index >= 15 is 0 Å². The second-order valence-corrected chi connectivity index (χ2v) is 4.14. The minimum Gasteiger partial charge on any atom is -0.374 e. The van der Waals surface area contributed by atoms with Gasteiger partial charge in [-0.25, -0.2) is 20.8 Å². The molecule has 4 N–H and O–H groups in total. The van der Waals surface area contributed by atoms with Crippen molar-refractivity contribution in [2.75, 3.05) is 17.3 Å². The van der Waals surface area contributed by atoms with Crippen molar-refractivity contribution in [3.8, 4) is 0 Å². The molecule has 0 unspecified atom stereocenters. The van der Waals surface area contributed by atoms with E-state index in [1.807, 2.05) is 24.7 Å². The number of imidazole rings is 1. The van der Waals surface area contributed by atoms with Crippen LogP contribution in [0, 0.1) is 0 Å². The Hall–Kier alpha value is -2.19. The van der Waals surface area contributed by atoms with Crippen LogP contribution in [0.15, 0.2) is 18.5 Å². The molecular formula is C12H19N7O. The Morgan fingerprint density at radius 1 is 1.35 bits per heavy atom. The highest BCUT2D eigenvalue weighted by molar-refractivity contribution is 5.46. The van der Waals surface area contributed by atoms with Gasteiger partial charge < -0.3 is 20.0 Å². The van der Waals surface area contributed by atoms with Gasteiger partial charge in [0.05, 0.1) is 6.54 Å². The molecule has 8 nitrogen and oxygen atoms in total. The van der Waals surface area contributed by atoms with Crippen LogP contribution in [-0.4, -0.2) is 26.1 Å². The van der Waals surface area contributed by atoms with E-state index in [9.17, 15) is 0 Å². The van der Waals surface area contributed by atoms with Gasteiger partial charge in [0.1, 0.15) is 24.1 Å². The molecule has 0 amide bonds. The molecule has 8 heteroatoms. The van der Waals surface area contributed by atoms with Crippen molar-refractivity contribution in [3.63, 3.8) is 0 Å². The molecule has 0 fully saturated rings. The summed E-state index contributed by atoms with van der Waals surface area (Å²) in [6.45, 7) is 3.45. The maximum atomic E-state index is 5.41. The van der Waals surface area contributed by atoms with Crippen LogP contribution in [0.3, 0.4) is 0 Å². The quantitative estimate of drug-likeness (QED) is 0.504. The molecule has 0 aromatic carbocycles. The Morgan fingerprint density at radius 3 is 2.80 bits per heavy atom.